The number of nitro benzene ring substituents is 1. The molecule has 2 amide bonds. The average Bonchev–Trinajstić information content (AvgIpc) is 2.93. The van der Waals surface area contributed by atoms with Crippen molar-refractivity contribution >= 4 is 29.1 Å². The number of nitro groups is 1. The van der Waals surface area contributed by atoms with Crippen LogP contribution in [0.4, 0.5) is 26.2 Å². The summed E-state index contributed by atoms with van der Waals surface area (Å²) in [5, 5.41) is 14.8. The van der Waals surface area contributed by atoms with Gasteiger partial charge in [-0.2, -0.15) is 0 Å². The van der Waals surface area contributed by atoms with Crippen molar-refractivity contribution in [2.45, 2.75) is 38.5 Å². The van der Waals surface area contributed by atoms with E-state index in [0.717, 1.165) is 11.3 Å². The number of cyclic esters (lactones) is 1. The first-order valence-corrected chi connectivity index (χ1v) is 12.5. The summed E-state index contributed by atoms with van der Waals surface area (Å²) in [4.78, 5) is 40.5. The predicted molar refractivity (Wildman–Crippen MR) is 140 cm³/mol. The van der Waals surface area contributed by atoms with Gasteiger partial charge in [-0.25, -0.2) is 9.18 Å². The number of carbonyl (C=O) groups is 2. The van der Waals surface area contributed by atoms with Crippen LogP contribution < -0.4 is 15.1 Å². The number of piperidine rings is 1. The molecule has 1 N–H and O–H groups in total. The maximum absolute atomic E-state index is 13.2. The largest absolute Gasteiger partial charge is 0.444 e. The van der Waals surface area contributed by atoms with Crippen LogP contribution in [0, 0.1) is 15.9 Å². The zero-order valence-corrected chi connectivity index (χ0v) is 20.8. The Morgan fingerprint density at radius 3 is 2.50 bits per heavy atom. The lowest BCUT2D eigenvalue weighted by molar-refractivity contribution is -0.384. The van der Waals surface area contributed by atoms with Gasteiger partial charge >= 0.3 is 6.09 Å². The number of amides is 2. The Bertz CT molecular complexity index is 1370. The zero-order valence-electron chi connectivity index (χ0n) is 20.8. The summed E-state index contributed by atoms with van der Waals surface area (Å²) in [6.07, 6.45) is 0.842. The highest BCUT2D eigenvalue weighted by Gasteiger charge is 2.35. The molecule has 3 aromatic carbocycles. The predicted octanol–water partition coefficient (Wildman–Crippen LogP) is 5.35. The molecule has 0 aliphatic carbocycles. The van der Waals surface area contributed by atoms with Gasteiger partial charge in [-0.3, -0.25) is 19.8 Å². The standard InChI is InChI=1S/C28H27FN4O5/c1-18(19-6-9-22(29)10-7-19)30-27(34)20-8-11-25(26(16-20)33(36)37)31-14-12-23(13-15-31)32-24-5-3-2-4-21(24)17-38-28(32)35/h2-11,16,18,23H,12-15,17H2,1H3,(H,30,34). The molecule has 38 heavy (non-hydrogen) atoms. The van der Waals surface area contributed by atoms with Crippen LogP contribution in [0.25, 0.3) is 0 Å². The molecule has 196 valence electrons. The van der Waals surface area contributed by atoms with Gasteiger partial charge in [-0.05, 0) is 55.7 Å². The van der Waals surface area contributed by atoms with Gasteiger partial charge < -0.3 is 15.0 Å². The maximum Gasteiger partial charge on any atom is 0.414 e. The van der Waals surface area contributed by atoms with Gasteiger partial charge in [0.2, 0.25) is 0 Å². The summed E-state index contributed by atoms with van der Waals surface area (Å²) in [6.45, 7) is 3.02. The van der Waals surface area contributed by atoms with E-state index in [1.807, 2.05) is 29.2 Å². The van der Waals surface area contributed by atoms with Crippen molar-refractivity contribution in [1.29, 1.82) is 0 Å². The molecular formula is C28H27FN4O5. The van der Waals surface area contributed by atoms with Gasteiger partial charge in [0.25, 0.3) is 11.6 Å². The molecule has 2 aliphatic rings. The van der Waals surface area contributed by atoms with E-state index in [2.05, 4.69) is 5.32 Å². The van der Waals surface area contributed by atoms with E-state index in [9.17, 15) is 24.1 Å². The van der Waals surface area contributed by atoms with Crippen LogP contribution in [0.15, 0.2) is 66.7 Å². The smallest absolute Gasteiger partial charge is 0.414 e. The van der Waals surface area contributed by atoms with E-state index in [4.69, 9.17) is 4.74 Å². The molecule has 1 atom stereocenters. The molecule has 3 aromatic rings. The summed E-state index contributed by atoms with van der Waals surface area (Å²) in [5.41, 5.74) is 2.95. The van der Waals surface area contributed by atoms with E-state index >= 15 is 0 Å². The molecule has 5 rings (SSSR count). The lowest BCUT2D eigenvalue weighted by Crippen LogP contribution is -2.49. The summed E-state index contributed by atoms with van der Waals surface area (Å²) in [5.74, 6) is -0.833. The second-order valence-corrected chi connectivity index (χ2v) is 9.48. The Balaban J connectivity index is 1.29. The second kappa shape index (κ2) is 10.5. The third-order valence-electron chi connectivity index (χ3n) is 7.12. The first-order valence-electron chi connectivity index (χ1n) is 12.5. The maximum atomic E-state index is 13.2. The fourth-order valence-electron chi connectivity index (χ4n) is 5.08. The highest BCUT2D eigenvalue weighted by Crippen LogP contribution is 2.35. The zero-order chi connectivity index (χ0) is 26.8. The monoisotopic (exact) mass is 518 g/mol. The van der Waals surface area contributed by atoms with Crippen LogP contribution >= 0.6 is 0 Å². The number of para-hydroxylation sites is 1. The Morgan fingerprint density at radius 2 is 1.79 bits per heavy atom. The topological polar surface area (TPSA) is 105 Å². The molecule has 0 radical (unpaired) electrons. The Morgan fingerprint density at radius 1 is 1.08 bits per heavy atom. The minimum Gasteiger partial charge on any atom is -0.444 e. The van der Waals surface area contributed by atoms with Crippen LogP contribution in [-0.2, 0) is 11.3 Å². The molecule has 9 nitrogen and oxygen atoms in total. The Hall–Kier alpha value is -4.47. The normalized spacial score (nSPS) is 16.4. The lowest BCUT2D eigenvalue weighted by Gasteiger charge is -2.40. The summed E-state index contributed by atoms with van der Waals surface area (Å²) in [7, 11) is 0. The first kappa shape index (κ1) is 25.2. The number of hydrogen-bond acceptors (Lipinski definition) is 6. The second-order valence-electron chi connectivity index (χ2n) is 9.48. The fourth-order valence-corrected chi connectivity index (χ4v) is 5.08. The summed E-state index contributed by atoms with van der Waals surface area (Å²) in [6, 6.07) is 17.4. The Labute approximate surface area is 219 Å². The van der Waals surface area contributed by atoms with Gasteiger partial charge in [0.05, 0.1) is 16.7 Å². The van der Waals surface area contributed by atoms with Crippen LogP contribution in [0.3, 0.4) is 0 Å². The molecule has 1 fully saturated rings. The minimum absolute atomic E-state index is 0.0859. The van der Waals surface area contributed by atoms with E-state index in [1.165, 1.54) is 18.2 Å². The number of benzene rings is 3. The van der Waals surface area contributed by atoms with Crippen molar-refractivity contribution in [1.82, 2.24) is 5.32 Å². The molecule has 2 aliphatic heterocycles. The van der Waals surface area contributed by atoms with E-state index < -0.39 is 16.9 Å². The highest BCUT2D eigenvalue weighted by molar-refractivity contribution is 5.96. The van der Waals surface area contributed by atoms with Gasteiger partial charge in [-0.1, -0.05) is 30.3 Å². The Kier molecular flexibility index (Phi) is 6.95. The van der Waals surface area contributed by atoms with Gasteiger partial charge in [0.15, 0.2) is 0 Å². The molecule has 10 heteroatoms. The minimum atomic E-state index is -0.486. The number of fused-ring (bicyclic) bond motifs is 1. The van der Waals surface area contributed by atoms with Crippen LogP contribution in [-0.4, -0.2) is 36.1 Å². The van der Waals surface area contributed by atoms with Crippen molar-refractivity contribution in [2.75, 3.05) is 22.9 Å². The third-order valence-corrected chi connectivity index (χ3v) is 7.12. The molecule has 2 heterocycles. The fraction of sp³-hybridized carbons (Fsp3) is 0.286. The van der Waals surface area contributed by atoms with Gasteiger partial charge in [0.1, 0.15) is 18.1 Å². The van der Waals surface area contributed by atoms with Crippen molar-refractivity contribution in [3.05, 3.63) is 99.4 Å². The average molecular weight is 519 g/mol. The third kappa shape index (κ3) is 5.02. The van der Waals surface area contributed by atoms with Gasteiger partial charge in [-0.15, -0.1) is 0 Å². The van der Waals surface area contributed by atoms with Crippen molar-refractivity contribution in [2.24, 2.45) is 0 Å². The number of anilines is 2. The van der Waals surface area contributed by atoms with E-state index in [0.29, 0.717) is 37.2 Å². The van der Waals surface area contributed by atoms with E-state index in [-0.39, 0.29) is 35.8 Å². The molecule has 1 unspecified atom stereocenters. The van der Waals surface area contributed by atoms with Crippen molar-refractivity contribution in [3.63, 3.8) is 0 Å². The van der Waals surface area contributed by atoms with Crippen LogP contribution in [0.5, 0.6) is 0 Å². The molecular weight excluding hydrogens is 491 g/mol. The SMILES string of the molecule is CC(NC(=O)c1ccc(N2CCC(N3C(=O)OCc4ccccc43)CC2)c([N+](=O)[O-])c1)c1ccc(F)cc1. The first-order chi connectivity index (χ1) is 18.3. The number of nitrogens with zero attached hydrogens (tertiary/aromatic N) is 3. The van der Waals surface area contributed by atoms with Crippen LogP contribution in [0.1, 0.15) is 47.3 Å². The number of ether oxygens (including phenoxy) is 1. The van der Waals surface area contributed by atoms with E-state index in [1.54, 1.807) is 36.1 Å². The van der Waals surface area contributed by atoms with Crippen molar-refractivity contribution in [3.8, 4) is 0 Å². The summed E-state index contributed by atoms with van der Waals surface area (Å²) < 4.78 is 18.6. The number of rotatable bonds is 6. The molecule has 0 spiro atoms. The quantitative estimate of drug-likeness (QED) is 0.348. The summed E-state index contributed by atoms with van der Waals surface area (Å²) >= 11 is 0. The lowest BCUT2D eigenvalue weighted by atomic mass is 9.99. The van der Waals surface area contributed by atoms with Gasteiger partial charge in [0, 0.05) is 36.3 Å². The number of nitrogens with one attached hydrogen (secondary N) is 1. The number of halogens is 1. The van der Waals surface area contributed by atoms with Crippen LogP contribution in [0.2, 0.25) is 0 Å². The molecule has 0 saturated carbocycles. The molecule has 0 aromatic heterocycles. The molecule has 1 saturated heterocycles. The number of carbonyl (C=O) groups excluding carboxylic acids is 2. The van der Waals surface area contributed by atoms with Crippen molar-refractivity contribution < 1.29 is 23.6 Å². The highest BCUT2D eigenvalue weighted by atomic mass is 19.1. The number of hydrogen-bond donors (Lipinski definition) is 1. The molecule has 0 bridgehead atoms.